The maximum Gasteiger partial charge on any atom is 0.253 e. The molecule has 1 aromatic carbocycles. The average Bonchev–Trinajstić information content (AvgIpc) is 2.75. The molecule has 1 atom stereocenters. The largest absolute Gasteiger partial charge is 0.396 e. The Labute approximate surface area is 129 Å². The SMILES string of the molecule is Cc1cc(C(=O)NC(C)CCO)c(C)n1-c1ccccc1F. The smallest absolute Gasteiger partial charge is 0.253 e. The van der Waals surface area contributed by atoms with Gasteiger partial charge in [-0.3, -0.25) is 4.79 Å². The van der Waals surface area contributed by atoms with Crippen molar-refractivity contribution in [2.45, 2.75) is 33.2 Å². The highest BCUT2D eigenvalue weighted by molar-refractivity contribution is 5.96. The molecule has 0 bridgehead atoms. The molecule has 0 fully saturated rings. The fourth-order valence-corrected chi connectivity index (χ4v) is 2.56. The second-order valence-corrected chi connectivity index (χ2v) is 5.46. The van der Waals surface area contributed by atoms with Crippen molar-refractivity contribution in [1.82, 2.24) is 9.88 Å². The fraction of sp³-hybridized carbons (Fsp3) is 0.353. The number of aliphatic hydroxyl groups excluding tert-OH is 1. The molecule has 1 unspecified atom stereocenters. The Morgan fingerprint density at radius 2 is 2.05 bits per heavy atom. The number of amides is 1. The third-order valence-corrected chi connectivity index (χ3v) is 3.71. The molecule has 4 nitrogen and oxygen atoms in total. The molecule has 1 amide bonds. The number of carbonyl (C=O) groups is 1. The summed E-state index contributed by atoms with van der Waals surface area (Å²) in [5, 5.41) is 11.7. The van der Waals surface area contributed by atoms with E-state index in [1.807, 2.05) is 13.8 Å². The minimum absolute atomic E-state index is 0.0235. The van der Waals surface area contributed by atoms with Crippen LogP contribution in [0.1, 0.15) is 35.1 Å². The van der Waals surface area contributed by atoms with Crippen LogP contribution in [0.25, 0.3) is 5.69 Å². The number of carbonyl (C=O) groups excluding carboxylic acids is 1. The number of aryl methyl sites for hydroxylation is 1. The van der Waals surface area contributed by atoms with Crippen LogP contribution in [0.5, 0.6) is 0 Å². The summed E-state index contributed by atoms with van der Waals surface area (Å²) in [5.41, 5.74) is 2.43. The highest BCUT2D eigenvalue weighted by atomic mass is 19.1. The zero-order valence-corrected chi connectivity index (χ0v) is 13.1. The second-order valence-electron chi connectivity index (χ2n) is 5.46. The van der Waals surface area contributed by atoms with Crippen LogP contribution < -0.4 is 5.32 Å². The second kappa shape index (κ2) is 6.75. The van der Waals surface area contributed by atoms with Crippen LogP contribution in [-0.4, -0.2) is 28.2 Å². The van der Waals surface area contributed by atoms with Crippen LogP contribution in [-0.2, 0) is 0 Å². The molecule has 0 aliphatic rings. The van der Waals surface area contributed by atoms with E-state index in [-0.39, 0.29) is 24.4 Å². The maximum atomic E-state index is 14.0. The highest BCUT2D eigenvalue weighted by Gasteiger charge is 2.19. The minimum Gasteiger partial charge on any atom is -0.396 e. The summed E-state index contributed by atoms with van der Waals surface area (Å²) in [6.45, 7) is 5.50. The first-order valence-electron chi connectivity index (χ1n) is 7.31. The molecule has 0 saturated carbocycles. The van der Waals surface area contributed by atoms with Gasteiger partial charge in [0.05, 0.1) is 11.3 Å². The summed E-state index contributed by atoms with van der Waals surface area (Å²) in [5.74, 6) is -0.540. The fourth-order valence-electron chi connectivity index (χ4n) is 2.56. The lowest BCUT2D eigenvalue weighted by Crippen LogP contribution is -2.33. The van der Waals surface area contributed by atoms with Crippen LogP contribution in [0.4, 0.5) is 4.39 Å². The van der Waals surface area contributed by atoms with Crippen LogP contribution in [0.2, 0.25) is 0 Å². The molecular weight excluding hydrogens is 283 g/mol. The van der Waals surface area contributed by atoms with Gasteiger partial charge in [0.1, 0.15) is 5.82 Å². The predicted molar refractivity (Wildman–Crippen MR) is 83.8 cm³/mol. The van der Waals surface area contributed by atoms with E-state index in [0.29, 0.717) is 23.4 Å². The van der Waals surface area contributed by atoms with E-state index < -0.39 is 0 Å². The molecule has 5 heteroatoms. The number of rotatable bonds is 5. The molecule has 118 valence electrons. The van der Waals surface area contributed by atoms with Gasteiger partial charge in [-0.2, -0.15) is 0 Å². The van der Waals surface area contributed by atoms with Crippen molar-refractivity contribution in [2.24, 2.45) is 0 Å². The Hall–Kier alpha value is -2.14. The number of halogens is 1. The number of aliphatic hydroxyl groups is 1. The summed E-state index contributed by atoms with van der Waals surface area (Å²) in [7, 11) is 0. The van der Waals surface area contributed by atoms with Crippen molar-refractivity contribution in [3.63, 3.8) is 0 Å². The van der Waals surface area contributed by atoms with Crippen molar-refractivity contribution < 1.29 is 14.3 Å². The highest BCUT2D eigenvalue weighted by Crippen LogP contribution is 2.22. The van der Waals surface area contributed by atoms with Gasteiger partial charge in [-0.25, -0.2) is 4.39 Å². The summed E-state index contributed by atoms with van der Waals surface area (Å²) in [6, 6.07) is 8.12. The Bertz CT molecular complexity index is 679. The van der Waals surface area contributed by atoms with E-state index in [2.05, 4.69) is 5.32 Å². The van der Waals surface area contributed by atoms with Crippen molar-refractivity contribution >= 4 is 5.91 Å². The number of nitrogens with one attached hydrogen (secondary N) is 1. The molecule has 0 aliphatic carbocycles. The molecule has 0 aliphatic heterocycles. The van der Waals surface area contributed by atoms with E-state index in [4.69, 9.17) is 5.11 Å². The predicted octanol–water partition coefficient (Wildman–Crippen LogP) is 2.73. The van der Waals surface area contributed by atoms with E-state index in [1.165, 1.54) is 6.07 Å². The summed E-state index contributed by atoms with van der Waals surface area (Å²) >= 11 is 0. The van der Waals surface area contributed by atoms with Gasteiger partial charge in [-0.05, 0) is 45.4 Å². The Balaban J connectivity index is 2.36. The Morgan fingerprint density at radius 1 is 1.36 bits per heavy atom. The number of benzene rings is 1. The molecule has 2 rings (SSSR count). The molecule has 1 heterocycles. The van der Waals surface area contributed by atoms with Crippen molar-refractivity contribution in [3.05, 3.63) is 53.1 Å². The van der Waals surface area contributed by atoms with E-state index in [0.717, 1.165) is 5.69 Å². The maximum absolute atomic E-state index is 14.0. The van der Waals surface area contributed by atoms with Crippen LogP contribution in [0.3, 0.4) is 0 Å². The number of hydrogen-bond donors (Lipinski definition) is 2. The number of aromatic nitrogens is 1. The summed E-state index contributed by atoms with van der Waals surface area (Å²) < 4.78 is 15.7. The van der Waals surface area contributed by atoms with Gasteiger partial charge in [-0.15, -0.1) is 0 Å². The first kappa shape index (κ1) is 16.2. The van der Waals surface area contributed by atoms with Gasteiger partial charge in [0.2, 0.25) is 0 Å². The van der Waals surface area contributed by atoms with Gasteiger partial charge in [0.25, 0.3) is 5.91 Å². The van der Waals surface area contributed by atoms with Crippen LogP contribution in [0.15, 0.2) is 30.3 Å². The van der Waals surface area contributed by atoms with Crippen LogP contribution >= 0.6 is 0 Å². The lowest BCUT2D eigenvalue weighted by atomic mass is 10.2. The molecule has 22 heavy (non-hydrogen) atoms. The molecule has 2 N–H and O–H groups in total. The Morgan fingerprint density at radius 3 is 2.68 bits per heavy atom. The minimum atomic E-state index is -0.329. The standard InChI is InChI=1S/C17H21FN2O2/c1-11(8-9-21)19-17(22)14-10-12(2)20(13(14)3)16-7-5-4-6-15(16)18/h4-7,10-11,21H,8-9H2,1-3H3,(H,19,22). The first-order chi connectivity index (χ1) is 10.5. The molecule has 0 saturated heterocycles. The van der Waals surface area contributed by atoms with Gasteiger partial charge in [0.15, 0.2) is 0 Å². The number of nitrogens with zero attached hydrogens (tertiary/aromatic N) is 1. The quantitative estimate of drug-likeness (QED) is 0.892. The van der Waals surface area contributed by atoms with Crippen LogP contribution in [0, 0.1) is 19.7 Å². The van der Waals surface area contributed by atoms with E-state index in [9.17, 15) is 9.18 Å². The lowest BCUT2D eigenvalue weighted by Gasteiger charge is -2.13. The topological polar surface area (TPSA) is 54.3 Å². The van der Waals surface area contributed by atoms with Gasteiger partial charge in [-0.1, -0.05) is 12.1 Å². The third kappa shape index (κ3) is 3.20. The number of para-hydroxylation sites is 1. The van der Waals surface area contributed by atoms with E-state index in [1.54, 1.807) is 35.8 Å². The first-order valence-corrected chi connectivity index (χ1v) is 7.31. The van der Waals surface area contributed by atoms with Gasteiger partial charge in [0, 0.05) is 24.0 Å². The average molecular weight is 304 g/mol. The molecule has 2 aromatic rings. The Kier molecular flexibility index (Phi) is 4.98. The zero-order valence-electron chi connectivity index (χ0n) is 13.1. The monoisotopic (exact) mass is 304 g/mol. The zero-order chi connectivity index (χ0) is 16.3. The normalized spacial score (nSPS) is 12.2. The van der Waals surface area contributed by atoms with Crippen molar-refractivity contribution in [2.75, 3.05) is 6.61 Å². The molecule has 0 spiro atoms. The molecule has 1 aromatic heterocycles. The molecular formula is C17H21FN2O2. The van der Waals surface area contributed by atoms with Crippen molar-refractivity contribution in [1.29, 1.82) is 0 Å². The van der Waals surface area contributed by atoms with E-state index >= 15 is 0 Å². The van der Waals surface area contributed by atoms with Crippen molar-refractivity contribution in [3.8, 4) is 5.69 Å². The third-order valence-electron chi connectivity index (χ3n) is 3.71. The van der Waals surface area contributed by atoms with Gasteiger partial charge >= 0.3 is 0 Å². The number of hydrogen-bond acceptors (Lipinski definition) is 2. The van der Waals surface area contributed by atoms with Gasteiger partial charge < -0.3 is 15.0 Å². The molecule has 0 radical (unpaired) electrons. The summed E-state index contributed by atoms with van der Waals surface area (Å²) in [4.78, 5) is 12.3. The summed E-state index contributed by atoms with van der Waals surface area (Å²) in [6.07, 6.45) is 0.498. The lowest BCUT2D eigenvalue weighted by molar-refractivity contribution is 0.0934.